The maximum Gasteiger partial charge on any atom is 0.278 e. The van der Waals surface area contributed by atoms with E-state index in [1.165, 1.54) is 20.2 Å². The maximum atomic E-state index is 12.8. The molecule has 0 saturated heterocycles. The second kappa shape index (κ2) is 5.52. The Morgan fingerprint density at radius 3 is 2.36 bits per heavy atom. The SMILES string of the molecule is CN(C)S(=O)(=O)c1cc2c(c3c1CN(C(C)(C)C)C3)NC(=O)/C2=N\O. The molecule has 2 aliphatic heterocycles. The van der Waals surface area contributed by atoms with E-state index in [9.17, 15) is 18.4 Å². The summed E-state index contributed by atoms with van der Waals surface area (Å²) in [5, 5.41) is 14.9. The number of benzene rings is 1. The second-order valence-corrected chi connectivity index (χ2v) is 9.59. The normalized spacial score (nSPS) is 19.4. The van der Waals surface area contributed by atoms with Gasteiger partial charge in [0.15, 0.2) is 5.71 Å². The molecule has 1 aromatic carbocycles. The van der Waals surface area contributed by atoms with E-state index in [0.717, 1.165) is 9.87 Å². The first-order valence-corrected chi connectivity index (χ1v) is 9.32. The molecular formula is C16H22N4O4S. The van der Waals surface area contributed by atoms with Crippen LogP contribution in [0.4, 0.5) is 5.69 Å². The number of rotatable bonds is 2. The van der Waals surface area contributed by atoms with Gasteiger partial charge >= 0.3 is 0 Å². The van der Waals surface area contributed by atoms with Crippen molar-refractivity contribution in [3.05, 3.63) is 22.8 Å². The van der Waals surface area contributed by atoms with Gasteiger partial charge in [-0.15, -0.1) is 0 Å². The molecule has 2 N–H and O–H groups in total. The highest BCUT2D eigenvalue weighted by molar-refractivity contribution is 7.89. The third kappa shape index (κ3) is 2.62. The predicted molar refractivity (Wildman–Crippen MR) is 93.3 cm³/mol. The molecule has 2 aliphatic rings. The Labute approximate surface area is 147 Å². The zero-order valence-electron chi connectivity index (χ0n) is 14.9. The van der Waals surface area contributed by atoms with Gasteiger partial charge in [0.1, 0.15) is 0 Å². The van der Waals surface area contributed by atoms with Crippen LogP contribution in [0.15, 0.2) is 16.1 Å². The highest BCUT2D eigenvalue weighted by Crippen LogP contribution is 2.42. The van der Waals surface area contributed by atoms with E-state index in [1.54, 1.807) is 0 Å². The molecule has 0 bridgehead atoms. The fraction of sp³-hybridized carbons (Fsp3) is 0.500. The number of nitrogens with one attached hydrogen (secondary N) is 1. The van der Waals surface area contributed by atoms with E-state index in [1.807, 2.05) is 0 Å². The van der Waals surface area contributed by atoms with Crippen LogP contribution in [0.3, 0.4) is 0 Å². The number of oxime groups is 1. The van der Waals surface area contributed by atoms with Gasteiger partial charge in [0.05, 0.1) is 10.6 Å². The van der Waals surface area contributed by atoms with Crippen molar-refractivity contribution in [1.82, 2.24) is 9.21 Å². The van der Waals surface area contributed by atoms with Crippen LogP contribution < -0.4 is 5.32 Å². The molecule has 0 radical (unpaired) electrons. The number of fused-ring (bicyclic) bond motifs is 3. The molecule has 3 rings (SSSR count). The first kappa shape index (κ1) is 17.8. The summed E-state index contributed by atoms with van der Waals surface area (Å²) < 4.78 is 26.8. The number of nitrogens with zero attached hydrogens (tertiary/aromatic N) is 3. The lowest BCUT2D eigenvalue weighted by molar-refractivity contribution is -0.110. The van der Waals surface area contributed by atoms with Crippen molar-refractivity contribution in [1.29, 1.82) is 0 Å². The van der Waals surface area contributed by atoms with E-state index < -0.39 is 15.9 Å². The first-order valence-electron chi connectivity index (χ1n) is 7.88. The highest BCUT2D eigenvalue weighted by Gasteiger charge is 2.40. The van der Waals surface area contributed by atoms with Crippen LogP contribution in [0, 0.1) is 0 Å². The van der Waals surface area contributed by atoms with Crippen LogP contribution in [0.1, 0.15) is 37.5 Å². The Hall–Kier alpha value is -1.97. The van der Waals surface area contributed by atoms with Crippen molar-refractivity contribution < 1.29 is 18.4 Å². The van der Waals surface area contributed by atoms with E-state index in [0.29, 0.717) is 29.9 Å². The Morgan fingerprint density at radius 2 is 1.84 bits per heavy atom. The van der Waals surface area contributed by atoms with Gasteiger partial charge in [-0.25, -0.2) is 12.7 Å². The smallest absolute Gasteiger partial charge is 0.278 e. The molecule has 0 spiro atoms. The quantitative estimate of drug-likeness (QED) is 0.604. The number of carbonyl (C=O) groups is 1. The zero-order chi connectivity index (χ0) is 18.7. The fourth-order valence-corrected chi connectivity index (χ4v) is 4.32. The number of anilines is 1. The molecule has 0 aromatic heterocycles. The van der Waals surface area contributed by atoms with Crippen molar-refractivity contribution in [3.63, 3.8) is 0 Å². The van der Waals surface area contributed by atoms with Crippen molar-refractivity contribution in [2.24, 2.45) is 5.16 Å². The molecular weight excluding hydrogens is 344 g/mol. The molecule has 25 heavy (non-hydrogen) atoms. The predicted octanol–water partition coefficient (Wildman–Crippen LogP) is 1.18. The number of amides is 1. The molecule has 1 amide bonds. The summed E-state index contributed by atoms with van der Waals surface area (Å²) in [6.07, 6.45) is 0. The summed E-state index contributed by atoms with van der Waals surface area (Å²) in [5.74, 6) is -0.534. The van der Waals surface area contributed by atoms with Crippen molar-refractivity contribution >= 4 is 27.3 Å². The van der Waals surface area contributed by atoms with Crippen molar-refractivity contribution in [2.75, 3.05) is 19.4 Å². The minimum absolute atomic E-state index is 0.149. The van der Waals surface area contributed by atoms with Crippen LogP contribution in [-0.2, 0) is 27.9 Å². The molecule has 0 fully saturated rings. The Kier molecular flexibility index (Phi) is 3.94. The van der Waals surface area contributed by atoms with Gasteiger partial charge in [-0.1, -0.05) is 5.16 Å². The van der Waals surface area contributed by atoms with Gasteiger partial charge in [-0.2, -0.15) is 0 Å². The summed E-state index contributed by atoms with van der Waals surface area (Å²) in [7, 11) is -0.775. The molecule has 2 heterocycles. The minimum atomic E-state index is -3.71. The standard InChI is InChI=1S/C16H22N4O4S/c1-16(2,3)20-7-10-11(8-20)13-9(14(18-22)15(21)17-13)6-12(10)25(23,24)19(4)5/h6,22H,7-8H2,1-5H3,(H,17,18,21). The van der Waals surface area contributed by atoms with E-state index in [4.69, 9.17) is 0 Å². The lowest BCUT2D eigenvalue weighted by Gasteiger charge is -2.31. The summed E-state index contributed by atoms with van der Waals surface area (Å²) in [4.78, 5) is 14.4. The monoisotopic (exact) mass is 366 g/mol. The van der Waals surface area contributed by atoms with Gasteiger partial charge in [-0.05, 0) is 38.0 Å². The van der Waals surface area contributed by atoms with Crippen molar-refractivity contribution in [2.45, 2.75) is 44.3 Å². The minimum Gasteiger partial charge on any atom is -0.410 e. The molecule has 1 aromatic rings. The Morgan fingerprint density at radius 1 is 1.24 bits per heavy atom. The summed E-state index contributed by atoms with van der Waals surface area (Å²) >= 11 is 0. The summed E-state index contributed by atoms with van der Waals surface area (Å²) in [5.41, 5.74) is 1.98. The van der Waals surface area contributed by atoms with Gasteiger partial charge in [-0.3, -0.25) is 9.69 Å². The van der Waals surface area contributed by atoms with E-state index in [-0.39, 0.29) is 16.1 Å². The Bertz CT molecular complexity index is 898. The number of hydrogen-bond acceptors (Lipinski definition) is 6. The van der Waals surface area contributed by atoms with Gasteiger partial charge in [0.2, 0.25) is 10.0 Å². The topological polar surface area (TPSA) is 102 Å². The average Bonchev–Trinajstić information content (AvgIpc) is 3.05. The Balaban J connectivity index is 2.29. The largest absolute Gasteiger partial charge is 0.410 e. The zero-order valence-corrected chi connectivity index (χ0v) is 15.7. The average molecular weight is 366 g/mol. The molecule has 136 valence electrons. The van der Waals surface area contributed by atoms with Crippen LogP contribution in [0.2, 0.25) is 0 Å². The molecule has 8 nitrogen and oxygen atoms in total. The highest BCUT2D eigenvalue weighted by atomic mass is 32.2. The second-order valence-electron chi connectivity index (χ2n) is 7.47. The first-order chi connectivity index (χ1) is 11.5. The van der Waals surface area contributed by atoms with Gasteiger partial charge < -0.3 is 10.5 Å². The third-order valence-electron chi connectivity index (χ3n) is 4.72. The number of hydrogen-bond donors (Lipinski definition) is 2. The van der Waals surface area contributed by atoms with Crippen LogP contribution in [0.25, 0.3) is 0 Å². The van der Waals surface area contributed by atoms with Gasteiger partial charge in [0.25, 0.3) is 5.91 Å². The van der Waals surface area contributed by atoms with Crippen LogP contribution in [0.5, 0.6) is 0 Å². The molecule has 0 aliphatic carbocycles. The lowest BCUT2D eigenvalue weighted by atomic mass is 10.0. The molecule has 0 saturated carbocycles. The molecule has 0 unspecified atom stereocenters. The summed E-state index contributed by atoms with van der Waals surface area (Å²) in [6.45, 7) is 7.14. The summed E-state index contributed by atoms with van der Waals surface area (Å²) in [6, 6.07) is 1.43. The van der Waals surface area contributed by atoms with E-state index in [2.05, 4.69) is 36.1 Å². The van der Waals surface area contributed by atoms with Crippen molar-refractivity contribution in [3.8, 4) is 0 Å². The van der Waals surface area contributed by atoms with E-state index >= 15 is 0 Å². The lowest BCUT2D eigenvalue weighted by Crippen LogP contribution is -2.37. The fourth-order valence-electron chi connectivity index (χ4n) is 3.16. The van der Waals surface area contributed by atoms with Gasteiger partial charge in [0, 0.05) is 38.3 Å². The maximum absolute atomic E-state index is 12.8. The molecule has 9 heteroatoms. The van der Waals surface area contributed by atoms with Crippen LogP contribution >= 0.6 is 0 Å². The van der Waals surface area contributed by atoms with Crippen LogP contribution in [-0.4, -0.2) is 54.1 Å². The number of carbonyl (C=O) groups excluding carboxylic acids is 1. The number of sulfonamides is 1. The third-order valence-corrected chi connectivity index (χ3v) is 6.60. The molecule has 0 atom stereocenters.